The molecule has 8 heteroatoms. The second kappa shape index (κ2) is 8.05. The molecule has 3 rings (SSSR count). The van der Waals surface area contributed by atoms with Gasteiger partial charge in [-0.2, -0.15) is 0 Å². The highest BCUT2D eigenvalue weighted by atomic mass is 32.1. The van der Waals surface area contributed by atoms with Gasteiger partial charge in [0.15, 0.2) is 16.8 Å². The van der Waals surface area contributed by atoms with E-state index >= 15 is 0 Å². The van der Waals surface area contributed by atoms with Crippen LogP contribution in [0.15, 0.2) is 53.9 Å². The van der Waals surface area contributed by atoms with Gasteiger partial charge in [0.05, 0.1) is 6.04 Å². The van der Waals surface area contributed by atoms with Crippen LogP contribution >= 0.6 is 11.3 Å². The van der Waals surface area contributed by atoms with Crippen molar-refractivity contribution < 1.29 is 18.4 Å². The van der Waals surface area contributed by atoms with Gasteiger partial charge in [0, 0.05) is 10.9 Å². The van der Waals surface area contributed by atoms with E-state index in [1.807, 2.05) is 37.3 Å². The van der Waals surface area contributed by atoms with Crippen LogP contribution in [0, 0.1) is 11.6 Å². The summed E-state index contributed by atoms with van der Waals surface area (Å²) in [5, 5.41) is 6.98. The van der Waals surface area contributed by atoms with Gasteiger partial charge in [0.25, 0.3) is 11.8 Å². The van der Waals surface area contributed by atoms with Gasteiger partial charge in [-0.1, -0.05) is 30.3 Å². The molecule has 0 radical (unpaired) electrons. The highest BCUT2D eigenvalue weighted by Gasteiger charge is 2.16. The molecule has 0 aliphatic rings. The number of hydrogen-bond donors (Lipinski definition) is 2. The van der Waals surface area contributed by atoms with E-state index < -0.39 is 17.5 Å². The molecule has 0 saturated carbocycles. The molecule has 1 atom stereocenters. The molecular weight excluding hydrogens is 372 g/mol. The van der Waals surface area contributed by atoms with E-state index in [9.17, 15) is 18.4 Å². The lowest BCUT2D eigenvalue weighted by molar-refractivity contribution is 0.0934. The summed E-state index contributed by atoms with van der Waals surface area (Å²) in [7, 11) is 0. The number of nitrogens with one attached hydrogen (secondary N) is 2. The molecule has 0 saturated heterocycles. The van der Waals surface area contributed by atoms with E-state index in [1.165, 1.54) is 5.38 Å². The number of benzene rings is 2. The Morgan fingerprint density at radius 2 is 1.78 bits per heavy atom. The zero-order valence-electron chi connectivity index (χ0n) is 14.2. The predicted octanol–water partition coefficient (Wildman–Crippen LogP) is 4.16. The minimum absolute atomic E-state index is 0.0483. The second-order valence-electron chi connectivity index (χ2n) is 5.73. The summed E-state index contributed by atoms with van der Waals surface area (Å²) in [4.78, 5) is 28.5. The first-order valence-corrected chi connectivity index (χ1v) is 8.89. The van der Waals surface area contributed by atoms with Crippen molar-refractivity contribution in [3.8, 4) is 0 Å². The molecular formula is C19H15F2N3O2S. The van der Waals surface area contributed by atoms with Crippen molar-refractivity contribution in [1.82, 2.24) is 10.3 Å². The third-order valence-electron chi connectivity index (χ3n) is 3.79. The van der Waals surface area contributed by atoms with E-state index in [4.69, 9.17) is 0 Å². The monoisotopic (exact) mass is 387 g/mol. The number of thiazole rings is 1. The fraction of sp³-hybridized carbons (Fsp3) is 0.105. The highest BCUT2D eigenvalue weighted by molar-refractivity contribution is 7.14. The van der Waals surface area contributed by atoms with Crippen LogP contribution in [0.2, 0.25) is 0 Å². The topological polar surface area (TPSA) is 71.1 Å². The fourth-order valence-electron chi connectivity index (χ4n) is 2.34. The average molecular weight is 387 g/mol. The van der Waals surface area contributed by atoms with E-state index in [1.54, 1.807) is 0 Å². The molecule has 0 spiro atoms. The summed E-state index contributed by atoms with van der Waals surface area (Å²) < 4.78 is 26.2. The zero-order valence-corrected chi connectivity index (χ0v) is 15.0. The molecule has 0 aliphatic heterocycles. The minimum Gasteiger partial charge on any atom is -0.344 e. The molecule has 3 aromatic rings. The van der Waals surface area contributed by atoms with Crippen molar-refractivity contribution in [2.75, 3.05) is 5.32 Å². The second-order valence-corrected chi connectivity index (χ2v) is 6.58. The maximum absolute atomic E-state index is 13.2. The van der Waals surface area contributed by atoms with Crippen molar-refractivity contribution in [3.05, 3.63) is 82.4 Å². The molecule has 5 nitrogen and oxygen atoms in total. The van der Waals surface area contributed by atoms with Gasteiger partial charge >= 0.3 is 0 Å². The van der Waals surface area contributed by atoms with Crippen LogP contribution in [0.3, 0.4) is 0 Å². The maximum Gasteiger partial charge on any atom is 0.271 e. The smallest absolute Gasteiger partial charge is 0.271 e. The van der Waals surface area contributed by atoms with Crippen LogP contribution < -0.4 is 10.6 Å². The van der Waals surface area contributed by atoms with E-state index in [0.717, 1.165) is 35.1 Å². The first-order valence-electron chi connectivity index (χ1n) is 8.02. The minimum atomic E-state index is -1.11. The van der Waals surface area contributed by atoms with Crippen LogP contribution in [-0.2, 0) is 0 Å². The largest absolute Gasteiger partial charge is 0.344 e. The summed E-state index contributed by atoms with van der Waals surface area (Å²) in [6, 6.07) is 12.1. The average Bonchev–Trinajstić information content (AvgIpc) is 3.13. The van der Waals surface area contributed by atoms with E-state index in [2.05, 4.69) is 15.6 Å². The Hall–Kier alpha value is -3.13. The number of carbonyl (C=O) groups excluding carboxylic acids is 2. The molecule has 0 bridgehead atoms. The van der Waals surface area contributed by atoms with Crippen molar-refractivity contribution in [3.63, 3.8) is 0 Å². The number of rotatable bonds is 5. The van der Waals surface area contributed by atoms with Gasteiger partial charge in [-0.3, -0.25) is 14.9 Å². The number of carbonyl (C=O) groups is 2. The zero-order chi connectivity index (χ0) is 19.4. The van der Waals surface area contributed by atoms with Crippen LogP contribution in [0.5, 0.6) is 0 Å². The maximum atomic E-state index is 13.2. The van der Waals surface area contributed by atoms with Crippen molar-refractivity contribution in [1.29, 1.82) is 0 Å². The lowest BCUT2D eigenvalue weighted by Gasteiger charge is -2.13. The highest BCUT2D eigenvalue weighted by Crippen LogP contribution is 2.19. The first-order chi connectivity index (χ1) is 12.9. The van der Waals surface area contributed by atoms with Crippen LogP contribution in [0.25, 0.3) is 0 Å². The lowest BCUT2D eigenvalue weighted by atomic mass is 10.1. The Labute approximate surface area is 158 Å². The number of hydrogen-bond acceptors (Lipinski definition) is 4. The Balaban J connectivity index is 1.64. The molecule has 138 valence electrons. The molecule has 2 aromatic carbocycles. The number of nitrogens with zero attached hydrogens (tertiary/aromatic N) is 1. The van der Waals surface area contributed by atoms with Crippen molar-refractivity contribution >= 4 is 28.3 Å². The summed E-state index contributed by atoms with van der Waals surface area (Å²) >= 11 is 1.06. The van der Waals surface area contributed by atoms with Gasteiger partial charge in [-0.05, 0) is 30.7 Å². The summed E-state index contributed by atoms with van der Waals surface area (Å²) in [5.41, 5.74) is 1.06. The van der Waals surface area contributed by atoms with Crippen molar-refractivity contribution in [2.45, 2.75) is 13.0 Å². The molecule has 1 aromatic heterocycles. The molecule has 27 heavy (non-hydrogen) atoms. The fourth-order valence-corrected chi connectivity index (χ4v) is 3.02. The van der Waals surface area contributed by atoms with Gasteiger partial charge in [0.2, 0.25) is 0 Å². The van der Waals surface area contributed by atoms with E-state index in [0.29, 0.717) is 0 Å². The van der Waals surface area contributed by atoms with Gasteiger partial charge in [-0.15, -0.1) is 11.3 Å². The van der Waals surface area contributed by atoms with Crippen molar-refractivity contribution in [2.24, 2.45) is 0 Å². The number of halogens is 2. The third kappa shape index (κ3) is 4.53. The summed E-state index contributed by atoms with van der Waals surface area (Å²) in [5.74, 6) is -3.17. The Bertz CT molecular complexity index is 976. The van der Waals surface area contributed by atoms with Gasteiger partial charge < -0.3 is 5.32 Å². The molecule has 2 N–H and O–H groups in total. The number of amides is 2. The standard InChI is InChI=1S/C19H15F2N3O2S/c1-11(12-5-3-2-4-6-12)22-18(26)16-10-27-19(23-16)24-17(25)13-7-8-14(20)15(21)9-13/h2-11H,1H3,(H,22,26)(H,23,24,25)/t11-/m0/s1. The first kappa shape index (κ1) is 18.7. The normalized spacial score (nSPS) is 11.7. The quantitative estimate of drug-likeness (QED) is 0.690. The molecule has 2 amide bonds. The van der Waals surface area contributed by atoms with Gasteiger partial charge in [-0.25, -0.2) is 13.8 Å². The van der Waals surface area contributed by atoms with Gasteiger partial charge in [0.1, 0.15) is 5.69 Å². The molecule has 0 unspecified atom stereocenters. The predicted molar refractivity (Wildman–Crippen MR) is 98.7 cm³/mol. The Morgan fingerprint density at radius 1 is 1.04 bits per heavy atom. The van der Waals surface area contributed by atoms with Crippen LogP contribution in [-0.4, -0.2) is 16.8 Å². The molecule has 0 fully saturated rings. The summed E-state index contributed by atoms with van der Waals surface area (Å²) in [6.07, 6.45) is 0. The third-order valence-corrected chi connectivity index (χ3v) is 4.54. The Morgan fingerprint density at radius 3 is 2.48 bits per heavy atom. The lowest BCUT2D eigenvalue weighted by Crippen LogP contribution is -2.26. The van der Waals surface area contributed by atoms with Crippen LogP contribution in [0.1, 0.15) is 39.4 Å². The van der Waals surface area contributed by atoms with E-state index in [-0.39, 0.29) is 28.3 Å². The molecule has 1 heterocycles. The Kier molecular flexibility index (Phi) is 5.56. The molecule has 0 aliphatic carbocycles. The number of aromatic nitrogens is 1. The SMILES string of the molecule is C[C@H](NC(=O)c1csc(NC(=O)c2ccc(F)c(F)c2)n1)c1ccccc1. The summed E-state index contributed by atoms with van der Waals surface area (Å²) in [6.45, 7) is 1.85. The van der Waals surface area contributed by atoms with Crippen LogP contribution in [0.4, 0.5) is 13.9 Å². The number of anilines is 1.